The zero-order valence-corrected chi connectivity index (χ0v) is 12.4. The van der Waals surface area contributed by atoms with Crippen LogP contribution in [0.2, 0.25) is 0 Å². The first kappa shape index (κ1) is 13.9. The number of nitrogen functional groups attached to an aromatic ring is 1. The third-order valence-electron chi connectivity index (χ3n) is 3.38. The second-order valence-electron chi connectivity index (χ2n) is 4.57. The highest BCUT2D eigenvalue weighted by Crippen LogP contribution is 2.34. The Morgan fingerprint density at radius 1 is 1.35 bits per heavy atom. The smallest absolute Gasteiger partial charge is 0.164 e. The summed E-state index contributed by atoms with van der Waals surface area (Å²) in [6.45, 7) is -0.373. The van der Waals surface area contributed by atoms with E-state index in [0.717, 1.165) is 3.57 Å². The number of halogens is 1. The number of aliphatic hydroxyl groups is 3. The van der Waals surface area contributed by atoms with Gasteiger partial charge in [-0.15, -0.1) is 0 Å². The number of fused-ring (bicyclic) bond motifs is 1. The standard InChI is InChI=1S/C11H13IN4O4/c12-4-1-16(10-6(4)9(13)14-3-15-10)11-8(19)7(18)5(2-17)20-11/h1,3,5,7-8,11,17-19H,2H2,(H2,13,14,15). The average molecular weight is 392 g/mol. The summed E-state index contributed by atoms with van der Waals surface area (Å²) < 4.78 is 7.90. The van der Waals surface area contributed by atoms with Gasteiger partial charge < -0.3 is 30.4 Å². The van der Waals surface area contributed by atoms with Crippen molar-refractivity contribution in [2.24, 2.45) is 0 Å². The highest BCUT2D eigenvalue weighted by Gasteiger charge is 2.44. The van der Waals surface area contributed by atoms with Gasteiger partial charge in [0, 0.05) is 9.77 Å². The Balaban J connectivity index is 2.10. The lowest BCUT2D eigenvalue weighted by Crippen LogP contribution is -2.33. The molecule has 1 saturated heterocycles. The maximum Gasteiger partial charge on any atom is 0.164 e. The van der Waals surface area contributed by atoms with Crippen molar-refractivity contribution in [1.29, 1.82) is 0 Å². The van der Waals surface area contributed by atoms with Crippen LogP contribution in [0.4, 0.5) is 5.82 Å². The molecule has 1 aliphatic rings. The third-order valence-corrected chi connectivity index (χ3v) is 4.20. The fourth-order valence-corrected chi connectivity index (χ4v) is 3.18. The van der Waals surface area contributed by atoms with Crippen molar-refractivity contribution in [2.75, 3.05) is 12.3 Å². The summed E-state index contributed by atoms with van der Waals surface area (Å²) in [7, 11) is 0. The Morgan fingerprint density at radius 3 is 2.75 bits per heavy atom. The molecule has 0 radical (unpaired) electrons. The molecular formula is C11H13IN4O4. The van der Waals surface area contributed by atoms with E-state index in [1.807, 2.05) is 0 Å². The van der Waals surface area contributed by atoms with E-state index in [1.54, 1.807) is 10.8 Å². The first-order valence-corrected chi connectivity index (χ1v) is 7.01. The predicted molar refractivity (Wildman–Crippen MR) is 77.7 cm³/mol. The van der Waals surface area contributed by atoms with E-state index in [4.69, 9.17) is 15.6 Å². The number of nitrogens with two attached hydrogens (primary N) is 1. The van der Waals surface area contributed by atoms with Gasteiger partial charge in [0.2, 0.25) is 0 Å². The van der Waals surface area contributed by atoms with Crippen molar-refractivity contribution in [3.63, 3.8) is 0 Å². The summed E-state index contributed by atoms with van der Waals surface area (Å²) >= 11 is 2.09. The fraction of sp³-hybridized carbons (Fsp3) is 0.455. The largest absolute Gasteiger partial charge is 0.394 e. The minimum absolute atomic E-state index is 0.338. The Bertz CT molecular complexity index is 649. The van der Waals surface area contributed by atoms with E-state index < -0.39 is 24.5 Å². The van der Waals surface area contributed by atoms with Crippen molar-refractivity contribution in [2.45, 2.75) is 24.5 Å². The molecule has 3 rings (SSSR count). The molecule has 9 heteroatoms. The van der Waals surface area contributed by atoms with Gasteiger partial charge in [-0.2, -0.15) is 0 Å². The molecule has 0 saturated carbocycles. The van der Waals surface area contributed by atoms with Gasteiger partial charge in [0.25, 0.3) is 0 Å². The summed E-state index contributed by atoms with van der Waals surface area (Å²) in [4.78, 5) is 8.08. The van der Waals surface area contributed by atoms with E-state index in [9.17, 15) is 10.2 Å². The number of ether oxygens (including phenoxy) is 1. The first-order chi connectivity index (χ1) is 9.54. The number of hydrogen-bond donors (Lipinski definition) is 4. The van der Waals surface area contributed by atoms with Crippen LogP contribution in [0.25, 0.3) is 11.0 Å². The highest BCUT2D eigenvalue weighted by atomic mass is 127. The van der Waals surface area contributed by atoms with E-state index in [-0.39, 0.29) is 6.61 Å². The maximum absolute atomic E-state index is 10.1. The molecule has 20 heavy (non-hydrogen) atoms. The number of aromatic nitrogens is 3. The summed E-state index contributed by atoms with van der Waals surface area (Å²) in [5.41, 5.74) is 6.33. The number of anilines is 1. The molecule has 5 N–H and O–H groups in total. The second-order valence-corrected chi connectivity index (χ2v) is 5.73. The summed E-state index contributed by atoms with van der Waals surface area (Å²) in [5, 5.41) is 29.7. The molecular weight excluding hydrogens is 379 g/mol. The molecule has 4 unspecified atom stereocenters. The number of aliphatic hydroxyl groups excluding tert-OH is 3. The molecule has 108 valence electrons. The SMILES string of the molecule is Nc1ncnc2c1c(I)cn2C1OC(CO)C(O)C1O. The first-order valence-electron chi connectivity index (χ1n) is 5.93. The Kier molecular flexibility index (Phi) is 3.54. The van der Waals surface area contributed by atoms with Gasteiger partial charge in [-0.05, 0) is 22.6 Å². The fourth-order valence-electron chi connectivity index (χ4n) is 2.37. The minimum atomic E-state index is -1.16. The lowest BCUT2D eigenvalue weighted by molar-refractivity contribution is -0.0509. The molecule has 2 aromatic heterocycles. The Hall–Kier alpha value is -1.01. The van der Waals surface area contributed by atoms with Crippen molar-refractivity contribution in [3.8, 4) is 0 Å². The summed E-state index contributed by atoms with van der Waals surface area (Å²) in [6.07, 6.45) is -0.928. The van der Waals surface area contributed by atoms with Gasteiger partial charge >= 0.3 is 0 Å². The molecule has 4 atom stereocenters. The van der Waals surface area contributed by atoms with Gasteiger partial charge in [-0.3, -0.25) is 0 Å². The monoisotopic (exact) mass is 392 g/mol. The van der Waals surface area contributed by atoms with Crippen molar-refractivity contribution in [1.82, 2.24) is 14.5 Å². The molecule has 0 aliphatic carbocycles. The third kappa shape index (κ3) is 1.97. The zero-order valence-electron chi connectivity index (χ0n) is 10.2. The molecule has 1 aliphatic heterocycles. The Morgan fingerprint density at radius 2 is 2.10 bits per heavy atom. The van der Waals surface area contributed by atoms with Gasteiger partial charge in [-0.1, -0.05) is 0 Å². The Labute approximate surface area is 127 Å². The van der Waals surface area contributed by atoms with Crippen LogP contribution < -0.4 is 5.73 Å². The van der Waals surface area contributed by atoms with Gasteiger partial charge in [-0.25, -0.2) is 9.97 Å². The maximum atomic E-state index is 10.1. The van der Waals surface area contributed by atoms with Crippen LogP contribution in [0, 0.1) is 3.57 Å². The van der Waals surface area contributed by atoms with Crippen molar-refractivity contribution in [3.05, 3.63) is 16.1 Å². The molecule has 8 nitrogen and oxygen atoms in total. The summed E-state index contributed by atoms with van der Waals surface area (Å²) in [6, 6.07) is 0. The molecule has 3 heterocycles. The van der Waals surface area contributed by atoms with E-state index >= 15 is 0 Å². The number of hydrogen-bond acceptors (Lipinski definition) is 7. The van der Waals surface area contributed by atoms with Crippen LogP contribution >= 0.6 is 22.6 Å². The van der Waals surface area contributed by atoms with E-state index in [1.165, 1.54) is 6.33 Å². The second kappa shape index (κ2) is 5.07. The molecule has 1 fully saturated rings. The van der Waals surface area contributed by atoms with Crippen LogP contribution in [-0.4, -0.2) is 54.8 Å². The van der Waals surface area contributed by atoms with Crippen molar-refractivity contribution >= 4 is 39.4 Å². The lowest BCUT2D eigenvalue weighted by atomic mass is 10.1. The van der Waals surface area contributed by atoms with Crippen LogP contribution in [0.5, 0.6) is 0 Å². The summed E-state index contributed by atoms with van der Waals surface area (Å²) in [5.74, 6) is 0.338. The van der Waals surface area contributed by atoms with E-state index in [2.05, 4.69) is 32.6 Å². The lowest BCUT2D eigenvalue weighted by Gasteiger charge is -2.17. The average Bonchev–Trinajstić information content (AvgIpc) is 2.90. The van der Waals surface area contributed by atoms with E-state index in [0.29, 0.717) is 16.9 Å². The molecule has 0 amide bonds. The van der Waals surface area contributed by atoms with Crippen LogP contribution in [0.1, 0.15) is 6.23 Å². The van der Waals surface area contributed by atoms with Crippen molar-refractivity contribution < 1.29 is 20.1 Å². The normalized spacial score (nSPS) is 30.2. The highest BCUT2D eigenvalue weighted by molar-refractivity contribution is 14.1. The zero-order chi connectivity index (χ0) is 14.4. The minimum Gasteiger partial charge on any atom is -0.394 e. The molecule has 0 bridgehead atoms. The van der Waals surface area contributed by atoms with Gasteiger partial charge in [0.15, 0.2) is 6.23 Å². The van der Waals surface area contributed by atoms with Gasteiger partial charge in [0.1, 0.15) is 36.1 Å². The topological polar surface area (TPSA) is 127 Å². The van der Waals surface area contributed by atoms with Crippen LogP contribution in [0.3, 0.4) is 0 Å². The molecule has 0 aromatic carbocycles. The van der Waals surface area contributed by atoms with Crippen LogP contribution in [0.15, 0.2) is 12.5 Å². The van der Waals surface area contributed by atoms with Crippen LogP contribution in [-0.2, 0) is 4.74 Å². The quantitative estimate of drug-likeness (QED) is 0.495. The number of rotatable bonds is 2. The predicted octanol–water partition coefficient (Wildman–Crippen LogP) is -0.770. The van der Waals surface area contributed by atoms with Gasteiger partial charge in [0.05, 0.1) is 12.0 Å². The number of nitrogens with zero attached hydrogens (tertiary/aromatic N) is 3. The molecule has 2 aromatic rings. The molecule has 0 spiro atoms.